The summed E-state index contributed by atoms with van der Waals surface area (Å²) >= 11 is 8.25. The second kappa shape index (κ2) is 7.98. The molecule has 1 aromatic carbocycles. The predicted octanol–water partition coefficient (Wildman–Crippen LogP) is 6.11. The highest BCUT2D eigenvalue weighted by Gasteiger charge is 2.52. The number of anilines is 1. The normalized spacial score (nSPS) is 35.4. The highest BCUT2D eigenvalue weighted by Crippen LogP contribution is 2.57. The number of hydrogen-bond acceptors (Lipinski definition) is 3. The molecule has 168 valence electrons. The van der Waals surface area contributed by atoms with Crippen LogP contribution >= 0.6 is 23.4 Å². The Kier molecular flexibility index (Phi) is 5.57. The minimum Gasteiger partial charge on any atom is -0.327 e. The van der Waals surface area contributed by atoms with E-state index in [9.17, 15) is 4.79 Å². The quantitative estimate of drug-likeness (QED) is 0.544. The molecule has 4 aliphatic carbocycles. The van der Waals surface area contributed by atoms with E-state index in [4.69, 9.17) is 16.6 Å². The van der Waals surface area contributed by atoms with Crippen molar-refractivity contribution in [2.24, 2.45) is 22.7 Å². The van der Waals surface area contributed by atoms with Crippen molar-refractivity contribution in [1.82, 2.24) is 4.90 Å². The Morgan fingerprint density at radius 1 is 1.19 bits per heavy atom. The van der Waals surface area contributed by atoms with Crippen molar-refractivity contribution in [2.45, 2.75) is 84.0 Å². The number of amides is 1. The molecule has 1 unspecified atom stereocenters. The van der Waals surface area contributed by atoms with Gasteiger partial charge in [0, 0.05) is 29.4 Å². The summed E-state index contributed by atoms with van der Waals surface area (Å²) in [5, 5.41) is 1.85. The maximum absolute atomic E-state index is 12.8. The van der Waals surface area contributed by atoms with E-state index in [1.807, 2.05) is 41.8 Å². The summed E-state index contributed by atoms with van der Waals surface area (Å²) in [5.41, 5.74) is 2.04. The van der Waals surface area contributed by atoms with Gasteiger partial charge in [-0.05, 0) is 94.7 Å². The number of carbonyl (C=O) groups is 1. The number of benzene rings is 1. The van der Waals surface area contributed by atoms with Gasteiger partial charge >= 0.3 is 0 Å². The average molecular weight is 460 g/mol. The lowest BCUT2D eigenvalue weighted by Crippen LogP contribution is -2.54. The summed E-state index contributed by atoms with van der Waals surface area (Å²) in [5.74, 6) is 3.54. The van der Waals surface area contributed by atoms with Gasteiger partial charge in [0.1, 0.15) is 6.17 Å². The fourth-order valence-electron chi connectivity index (χ4n) is 6.99. The summed E-state index contributed by atoms with van der Waals surface area (Å²) in [6.07, 6.45) is 8.06. The van der Waals surface area contributed by atoms with Gasteiger partial charge in [0.05, 0.1) is 5.54 Å². The van der Waals surface area contributed by atoms with Gasteiger partial charge in [-0.25, -0.2) is 0 Å². The van der Waals surface area contributed by atoms with Crippen molar-refractivity contribution in [2.75, 3.05) is 10.7 Å². The molecule has 0 N–H and O–H groups in total. The molecule has 4 saturated carbocycles. The summed E-state index contributed by atoms with van der Waals surface area (Å²) in [7, 11) is 0. The van der Waals surface area contributed by atoms with E-state index in [1.54, 1.807) is 6.92 Å². The van der Waals surface area contributed by atoms with Crippen molar-refractivity contribution in [3.8, 4) is 0 Å². The molecule has 4 nitrogen and oxygen atoms in total. The molecule has 1 amide bonds. The fourth-order valence-corrected chi connectivity index (χ4v) is 8.51. The van der Waals surface area contributed by atoms with Crippen LogP contribution in [-0.2, 0) is 4.79 Å². The minimum atomic E-state index is -0.0334. The van der Waals surface area contributed by atoms with Gasteiger partial charge in [0.2, 0.25) is 5.91 Å². The van der Waals surface area contributed by atoms with Crippen molar-refractivity contribution in [1.29, 1.82) is 0 Å². The van der Waals surface area contributed by atoms with Crippen molar-refractivity contribution >= 4 is 40.1 Å². The van der Waals surface area contributed by atoms with Crippen LogP contribution in [0.2, 0.25) is 5.02 Å². The van der Waals surface area contributed by atoms with Gasteiger partial charge in [-0.3, -0.25) is 14.7 Å². The summed E-state index contributed by atoms with van der Waals surface area (Å²) in [6.45, 7) is 8.08. The number of hydrogen-bond donors (Lipinski definition) is 0. The molecular weight excluding hydrogens is 426 g/mol. The number of rotatable bonds is 4. The van der Waals surface area contributed by atoms with Crippen LogP contribution in [0.5, 0.6) is 0 Å². The number of carbonyl (C=O) groups excluding carboxylic acids is 1. The number of amidine groups is 1. The highest BCUT2D eigenvalue weighted by atomic mass is 35.5. The molecule has 5 fully saturated rings. The number of halogens is 1. The molecule has 1 aliphatic heterocycles. The number of aliphatic imine (C=N–C) groups is 1. The standard InChI is InChI=1S/C25H34ClN3OS/c1-15(2)28-23(29(17(4)30)21-6-5-16(3)22(26)10-21)14-31-24(28)27-25-11-18-7-19(12-25)9-20(8-18)13-25/h5-6,10,15,18-20,23H,7-9,11-14H2,1-4H3. The first-order chi connectivity index (χ1) is 14.7. The minimum absolute atomic E-state index is 0.0334. The first kappa shape index (κ1) is 21.6. The third kappa shape index (κ3) is 3.90. The van der Waals surface area contributed by atoms with Gasteiger partial charge in [0.15, 0.2) is 5.17 Å². The molecule has 1 aromatic rings. The molecule has 1 atom stereocenters. The first-order valence-corrected chi connectivity index (χ1v) is 13.2. The highest BCUT2D eigenvalue weighted by molar-refractivity contribution is 8.14. The van der Waals surface area contributed by atoms with E-state index in [0.717, 1.165) is 39.9 Å². The number of aryl methyl sites for hydroxylation is 1. The van der Waals surface area contributed by atoms with Crippen LogP contribution in [0.25, 0.3) is 0 Å². The van der Waals surface area contributed by atoms with Crippen LogP contribution in [0.15, 0.2) is 23.2 Å². The van der Waals surface area contributed by atoms with Crippen LogP contribution in [0.1, 0.15) is 64.9 Å². The summed E-state index contributed by atoms with van der Waals surface area (Å²) in [4.78, 5) is 22.7. The Balaban J connectivity index is 1.47. The molecule has 6 heteroatoms. The Labute approximate surface area is 195 Å². The molecular formula is C25H34ClN3OS. The molecule has 31 heavy (non-hydrogen) atoms. The van der Waals surface area contributed by atoms with E-state index in [-0.39, 0.29) is 23.7 Å². The third-order valence-electron chi connectivity index (χ3n) is 7.87. The largest absolute Gasteiger partial charge is 0.327 e. The van der Waals surface area contributed by atoms with Crippen molar-refractivity contribution in [3.63, 3.8) is 0 Å². The maximum Gasteiger partial charge on any atom is 0.225 e. The lowest BCUT2D eigenvalue weighted by molar-refractivity contribution is -0.117. The maximum atomic E-state index is 12.8. The molecule has 1 heterocycles. The lowest BCUT2D eigenvalue weighted by atomic mass is 9.53. The van der Waals surface area contributed by atoms with Crippen LogP contribution in [0.4, 0.5) is 5.69 Å². The molecule has 0 aromatic heterocycles. The average Bonchev–Trinajstić information content (AvgIpc) is 3.06. The Morgan fingerprint density at radius 3 is 2.32 bits per heavy atom. The third-order valence-corrected chi connectivity index (χ3v) is 9.30. The van der Waals surface area contributed by atoms with E-state index in [0.29, 0.717) is 5.02 Å². The SMILES string of the molecule is CC(=O)N(c1ccc(C)c(Cl)c1)C1CSC(=NC23CC4CC(CC(C4)C2)C3)N1C(C)C. The molecule has 1 saturated heterocycles. The number of nitrogens with zero attached hydrogens (tertiary/aromatic N) is 3. The van der Waals surface area contributed by atoms with Crippen LogP contribution < -0.4 is 4.90 Å². The molecule has 4 bridgehead atoms. The van der Waals surface area contributed by atoms with Gasteiger partial charge < -0.3 is 4.90 Å². The summed E-state index contributed by atoms with van der Waals surface area (Å²) in [6, 6.07) is 6.21. The van der Waals surface area contributed by atoms with E-state index >= 15 is 0 Å². The summed E-state index contributed by atoms with van der Waals surface area (Å²) < 4.78 is 0. The zero-order chi connectivity index (χ0) is 21.9. The monoisotopic (exact) mass is 459 g/mol. The molecule has 5 aliphatic rings. The first-order valence-electron chi connectivity index (χ1n) is 11.8. The zero-order valence-corrected chi connectivity index (χ0v) is 20.7. The zero-order valence-electron chi connectivity index (χ0n) is 19.1. The van der Waals surface area contributed by atoms with Crippen LogP contribution in [0.3, 0.4) is 0 Å². The van der Waals surface area contributed by atoms with Crippen molar-refractivity contribution in [3.05, 3.63) is 28.8 Å². The second-order valence-corrected chi connectivity index (χ2v) is 12.0. The molecule has 0 spiro atoms. The number of thioether (sulfide) groups is 1. The Morgan fingerprint density at radius 2 is 1.81 bits per heavy atom. The lowest BCUT2D eigenvalue weighted by Gasteiger charge is -2.55. The van der Waals surface area contributed by atoms with E-state index in [2.05, 4.69) is 18.7 Å². The second-order valence-electron chi connectivity index (χ2n) is 10.7. The van der Waals surface area contributed by atoms with Crippen LogP contribution in [-0.4, -0.2) is 39.5 Å². The predicted molar refractivity (Wildman–Crippen MR) is 131 cm³/mol. The van der Waals surface area contributed by atoms with E-state index < -0.39 is 0 Å². The van der Waals surface area contributed by atoms with Gasteiger partial charge in [0.25, 0.3) is 0 Å². The molecule has 0 radical (unpaired) electrons. The molecule has 6 rings (SSSR count). The Hall–Kier alpha value is -1.20. The smallest absolute Gasteiger partial charge is 0.225 e. The van der Waals surface area contributed by atoms with Gasteiger partial charge in [-0.2, -0.15) is 0 Å². The Bertz CT molecular complexity index is 879. The topological polar surface area (TPSA) is 35.9 Å². The van der Waals surface area contributed by atoms with Gasteiger partial charge in [-0.15, -0.1) is 0 Å². The van der Waals surface area contributed by atoms with Crippen molar-refractivity contribution < 1.29 is 4.79 Å². The van der Waals surface area contributed by atoms with Gasteiger partial charge in [-0.1, -0.05) is 29.4 Å². The van der Waals surface area contributed by atoms with Crippen LogP contribution in [0, 0.1) is 24.7 Å². The fraction of sp³-hybridized carbons (Fsp3) is 0.680. The van der Waals surface area contributed by atoms with E-state index in [1.165, 1.54) is 38.5 Å².